The van der Waals surface area contributed by atoms with E-state index in [1.54, 1.807) is 12.3 Å². The van der Waals surface area contributed by atoms with Gasteiger partial charge in [0.05, 0.1) is 23.7 Å². The van der Waals surface area contributed by atoms with Crippen LogP contribution in [0.3, 0.4) is 0 Å². The van der Waals surface area contributed by atoms with Gasteiger partial charge >= 0.3 is 5.97 Å². The number of halogens is 1. The van der Waals surface area contributed by atoms with Crippen LogP contribution in [0.15, 0.2) is 76.0 Å². The SMILES string of the molecule is CC1=C(C(=O)OC(C)(C)C)C(c2cccc(Cl)c2)N2C(CC(=O)NCCc3ccccn3)=CSC2=N1. The summed E-state index contributed by atoms with van der Waals surface area (Å²) < 4.78 is 5.75. The van der Waals surface area contributed by atoms with E-state index in [2.05, 4.69) is 10.3 Å². The number of thioether (sulfide) groups is 1. The maximum absolute atomic E-state index is 13.4. The van der Waals surface area contributed by atoms with Gasteiger partial charge in [0.1, 0.15) is 5.60 Å². The third kappa shape index (κ3) is 6.17. The van der Waals surface area contributed by atoms with Gasteiger partial charge in [-0.25, -0.2) is 9.79 Å². The molecule has 1 amide bonds. The van der Waals surface area contributed by atoms with E-state index >= 15 is 0 Å². The maximum Gasteiger partial charge on any atom is 0.338 e. The third-order valence-corrected chi connectivity index (χ3v) is 6.68. The number of esters is 1. The lowest BCUT2D eigenvalue weighted by molar-refractivity contribution is -0.150. The number of rotatable bonds is 7. The number of fused-ring (bicyclic) bond motifs is 1. The number of hydrogen-bond donors (Lipinski definition) is 1. The molecule has 2 aliphatic rings. The van der Waals surface area contributed by atoms with Crippen LogP contribution in [0, 0.1) is 0 Å². The number of hydrogen-bond acceptors (Lipinski definition) is 7. The molecule has 1 aromatic carbocycles. The Morgan fingerprint density at radius 1 is 1.19 bits per heavy atom. The fourth-order valence-electron chi connectivity index (χ4n) is 4.06. The first-order valence-electron chi connectivity index (χ1n) is 11.7. The zero-order valence-electron chi connectivity index (χ0n) is 20.7. The molecule has 0 spiro atoms. The number of aromatic nitrogens is 1. The van der Waals surface area contributed by atoms with Crippen LogP contribution in [0.25, 0.3) is 0 Å². The summed E-state index contributed by atoms with van der Waals surface area (Å²) in [4.78, 5) is 37.2. The Kier molecular flexibility index (Phi) is 7.85. The monoisotopic (exact) mass is 524 g/mol. The van der Waals surface area contributed by atoms with Gasteiger partial charge in [0, 0.05) is 35.6 Å². The van der Waals surface area contributed by atoms with Crippen LogP contribution >= 0.6 is 23.4 Å². The lowest BCUT2D eigenvalue weighted by Crippen LogP contribution is -2.39. The number of aliphatic imine (C=N–C) groups is 1. The number of pyridine rings is 1. The average molecular weight is 525 g/mol. The van der Waals surface area contributed by atoms with E-state index in [4.69, 9.17) is 21.3 Å². The summed E-state index contributed by atoms with van der Waals surface area (Å²) in [6, 6.07) is 12.6. The highest BCUT2D eigenvalue weighted by Crippen LogP contribution is 2.45. The summed E-state index contributed by atoms with van der Waals surface area (Å²) in [6.07, 6.45) is 2.53. The van der Waals surface area contributed by atoms with Crippen molar-refractivity contribution in [3.05, 3.63) is 87.3 Å². The van der Waals surface area contributed by atoms with Gasteiger partial charge < -0.3 is 15.0 Å². The standard InChI is InChI=1S/C27H29ClN4O3S/c1-17-23(25(34)35-27(2,3)4)24(18-8-7-9-19(28)14-18)32-21(16-36-26(32)31-17)15-22(33)30-13-11-20-10-5-6-12-29-20/h5-10,12,14,16,24H,11,13,15H2,1-4H3,(H,30,33). The van der Waals surface area contributed by atoms with Crippen LogP contribution in [0.4, 0.5) is 0 Å². The zero-order chi connectivity index (χ0) is 25.9. The molecule has 7 nitrogen and oxygen atoms in total. The van der Waals surface area contributed by atoms with E-state index in [0.29, 0.717) is 34.4 Å². The first-order valence-corrected chi connectivity index (χ1v) is 13.0. The summed E-state index contributed by atoms with van der Waals surface area (Å²) in [5.74, 6) is -0.558. The summed E-state index contributed by atoms with van der Waals surface area (Å²) in [5, 5.41) is 6.15. The number of allylic oxidation sites excluding steroid dienone is 1. The predicted octanol–water partition coefficient (Wildman–Crippen LogP) is 5.40. The number of carbonyl (C=O) groups is 2. The van der Waals surface area contributed by atoms with Crippen LogP contribution in [0.1, 0.15) is 51.4 Å². The quantitative estimate of drug-likeness (QED) is 0.488. The first kappa shape index (κ1) is 26.0. The fourth-order valence-corrected chi connectivity index (χ4v) is 5.22. The van der Waals surface area contributed by atoms with Crippen molar-refractivity contribution in [2.45, 2.75) is 52.2 Å². The van der Waals surface area contributed by atoms with E-state index in [0.717, 1.165) is 17.0 Å². The highest BCUT2D eigenvalue weighted by Gasteiger charge is 2.41. The van der Waals surface area contributed by atoms with Gasteiger partial charge in [-0.05, 0) is 62.9 Å². The Bertz CT molecular complexity index is 1250. The summed E-state index contributed by atoms with van der Waals surface area (Å²) in [6.45, 7) is 7.79. The van der Waals surface area contributed by atoms with E-state index in [9.17, 15) is 9.59 Å². The zero-order valence-corrected chi connectivity index (χ0v) is 22.3. The molecule has 2 aromatic rings. The Morgan fingerprint density at radius 3 is 2.69 bits per heavy atom. The van der Waals surface area contributed by atoms with Crippen molar-refractivity contribution < 1.29 is 14.3 Å². The smallest absolute Gasteiger partial charge is 0.338 e. The molecule has 0 radical (unpaired) electrons. The van der Waals surface area contributed by atoms with E-state index in [1.165, 1.54) is 11.8 Å². The second-order valence-electron chi connectivity index (χ2n) is 9.55. The van der Waals surface area contributed by atoms with Crippen molar-refractivity contribution in [2.24, 2.45) is 4.99 Å². The molecule has 1 N–H and O–H groups in total. The molecule has 9 heteroatoms. The highest BCUT2D eigenvalue weighted by molar-refractivity contribution is 8.16. The van der Waals surface area contributed by atoms with Gasteiger partial charge in [0.2, 0.25) is 5.91 Å². The molecule has 0 saturated carbocycles. The molecule has 188 valence electrons. The molecule has 1 unspecified atom stereocenters. The van der Waals surface area contributed by atoms with Gasteiger partial charge in [-0.1, -0.05) is 41.6 Å². The van der Waals surface area contributed by atoms with Crippen LogP contribution in [-0.4, -0.2) is 39.1 Å². The number of benzene rings is 1. The van der Waals surface area contributed by atoms with Gasteiger partial charge in [0.15, 0.2) is 5.17 Å². The van der Waals surface area contributed by atoms with E-state index in [-0.39, 0.29) is 12.3 Å². The number of carbonyl (C=O) groups excluding carboxylic acids is 2. The minimum absolute atomic E-state index is 0.117. The lowest BCUT2D eigenvalue weighted by Gasteiger charge is -2.37. The van der Waals surface area contributed by atoms with Crippen molar-refractivity contribution >= 4 is 40.4 Å². The minimum Gasteiger partial charge on any atom is -0.456 e. The molecule has 0 saturated heterocycles. The average Bonchev–Trinajstić information content (AvgIpc) is 3.19. The lowest BCUT2D eigenvalue weighted by atomic mass is 9.93. The normalized spacial score (nSPS) is 17.4. The summed E-state index contributed by atoms with van der Waals surface area (Å²) in [5.41, 5.74) is 2.84. The number of amides is 1. The van der Waals surface area contributed by atoms with Crippen molar-refractivity contribution in [1.29, 1.82) is 0 Å². The number of nitrogens with one attached hydrogen (secondary N) is 1. The molecule has 2 aliphatic heterocycles. The van der Waals surface area contributed by atoms with Crippen LogP contribution in [0.2, 0.25) is 5.02 Å². The van der Waals surface area contributed by atoms with Crippen molar-refractivity contribution in [3.63, 3.8) is 0 Å². The van der Waals surface area contributed by atoms with Crippen LogP contribution in [-0.2, 0) is 20.7 Å². The maximum atomic E-state index is 13.4. The largest absolute Gasteiger partial charge is 0.456 e. The van der Waals surface area contributed by atoms with Crippen molar-refractivity contribution in [1.82, 2.24) is 15.2 Å². The molecular formula is C27H29ClN4O3S. The van der Waals surface area contributed by atoms with Gasteiger partial charge in [0.25, 0.3) is 0 Å². The Morgan fingerprint density at radius 2 is 2.00 bits per heavy atom. The molecule has 0 aliphatic carbocycles. The van der Waals surface area contributed by atoms with Crippen LogP contribution in [0.5, 0.6) is 0 Å². The van der Waals surface area contributed by atoms with Gasteiger partial charge in [-0.2, -0.15) is 0 Å². The minimum atomic E-state index is -0.667. The van der Waals surface area contributed by atoms with Gasteiger partial charge in [-0.3, -0.25) is 9.78 Å². The number of ether oxygens (including phenoxy) is 1. The highest BCUT2D eigenvalue weighted by atomic mass is 35.5. The van der Waals surface area contributed by atoms with Crippen LogP contribution < -0.4 is 5.32 Å². The number of nitrogens with zero attached hydrogens (tertiary/aromatic N) is 3. The molecule has 1 aromatic heterocycles. The Labute approximate surface area is 220 Å². The predicted molar refractivity (Wildman–Crippen MR) is 143 cm³/mol. The van der Waals surface area contributed by atoms with E-state index in [1.807, 2.05) is 74.4 Å². The second kappa shape index (κ2) is 10.9. The molecule has 3 heterocycles. The molecule has 4 rings (SSSR count). The Balaban J connectivity index is 1.58. The molecule has 36 heavy (non-hydrogen) atoms. The van der Waals surface area contributed by atoms with Gasteiger partial charge in [-0.15, -0.1) is 0 Å². The molecule has 0 bridgehead atoms. The molecular weight excluding hydrogens is 496 g/mol. The molecule has 1 atom stereocenters. The Hall–Kier alpha value is -3.10. The van der Waals surface area contributed by atoms with Crippen molar-refractivity contribution in [2.75, 3.05) is 6.54 Å². The number of amidine groups is 1. The molecule has 0 fully saturated rings. The first-order chi connectivity index (χ1) is 17.1. The second-order valence-corrected chi connectivity index (χ2v) is 10.8. The third-order valence-electron chi connectivity index (χ3n) is 5.56. The summed E-state index contributed by atoms with van der Waals surface area (Å²) in [7, 11) is 0. The summed E-state index contributed by atoms with van der Waals surface area (Å²) >= 11 is 7.77. The fraction of sp³-hybridized carbons (Fsp3) is 0.333. The van der Waals surface area contributed by atoms with E-state index < -0.39 is 17.6 Å². The van der Waals surface area contributed by atoms with Crippen molar-refractivity contribution in [3.8, 4) is 0 Å². The topological polar surface area (TPSA) is 83.9 Å².